The normalized spacial score (nSPS) is 9.71. The van der Waals surface area contributed by atoms with E-state index in [-0.39, 0.29) is 5.91 Å². The highest BCUT2D eigenvalue weighted by Gasteiger charge is 2.07. The van der Waals surface area contributed by atoms with Gasteiger partial charge in [-0.3, -0.25) is 4.79 Å². The van der Waals surface area contributed by atoms with Crippen molar-refractivity contribution in [3.63, 3.8) is 0 Å². The minimum Gasteiger partial charge on any atom is -0.383 e. The van der Waals surface area contributed by atoms with Gasteiger partial charge in [-0.2, -0.15) is 0 Å². The van der Waals surface area contributed by atoms with Crippen molar-refractivity contribution in [1.82, 2.24) is 15.3 Å². The summed E-state index contributed by atoms with van der Waals surface area (Å²) in [4.78, 5) is 19.7. The maximum atomic E-state index is 11.6. The van der Waals surface area contributed by atoms with Crippen LogP contribution in [0.3, 0.4) is 0 Å². The molecule has 0 aliphatic heterocycles. The van der Waals surface area contributed by atoms with Gasteiger partial charge in [0.25, 0.3) is 5.91 Å². The van der Waals surface area contributed by atoms with E-state index in [1.807, 2.05) is 0 Å². The Labute approximate surface area is 100 Å². The monoisotopic (exact) mass is 236 g/mol. The molecule has 0 radical (unpaired) electrons. The van der Waals surface area contributed by atoms with Gasteiger partial charge in [0.2, 0.25) is 5.95 Å². The number of aromatic nitrogens is 2. The molecule has 1 heterocycles. The fourth-order valence-corrected chi connectivity index (χ4v) is 1.09. The van der Waals surface area contributed by atoms with Gasteiger partial charge >= 0.3 is 0 Å². The fourth-order valence-electron chi connectivity index (χ4n) is 1.09. The Morgan fingerprint density at radius 1 is 1.65 bits per heavy atom. The molecule has 0 spiro atoms. The summed E-state index contributed by atoms with van der Waals surface area (Å²) in [6.07, 6.45) is 3.22. The Bertz CT molecular complexity index is 381. The van der Waals surface area contributed by atoms with E-state index in [4.69, 9.17) is 4.74 Å². The molecule has 1 amide bonds. The van der Waals surface area contributed by atoms with Crippen molar-refractivity contribution in [3.05, 3.63) is 30.6 Å². The van der Waals surface area contributed by atoms with E-state index < -0.39 is 0 Å². The van der Waals surface area contributed by atoms with Gasteiger partial charge in [-0.1, -0.05) is 6.08 Å². The molecule has 0 unspecified atom stereocenters. The molecule has 1 aromatic heterocycles. The summed E-state index contributed by atoms with van der Waals surface area (Å²) in [5.74, 6) is 0.162. The zero-order chi connectivity index (χ0) is 12.5. The van der Waals surface area contributed by atoms with Crippen LogP contribution in [0, 0.1) is 0 Å². The Morgan fingerprint density at radius 3 is 3.18 bits per heavy atom. The first kappa shape index (κ1) is 13.1. The molecule has 0 fully saturated rings. The van der Waals surface area contributed by atoms with Gasteiger partial charge in [0, 0.05) is 26.4 Å². The van der Waals surface area contributed by atoms with E-state index in [1.54, 1.807) is 19.3 Å². The van der Waals surface area contributed by atoms with Crippen LogP contribution in [-0.2, 0) is 4.74 Å². The lowest BCUT2D eigenvalue weighted by molar-refractivity contribution is 0.0932. The third-order valence-electron chi connectivity index (χ3n) is 1.88. The number of nitrogens with one attached hydrogen (secondary N) is 2. The number of nitrogens with zero attached hydrogens (tertiary/aromatic N) is 2. The van der Waals surface area contributed by atoms with Crippen LogP contribution in [0.15, 0.2) is 24.9 Å². The summed E-state index contributed by atoms with van der Waals surface area (Å²) in [6.45, 7) is 5.05. The van der Waals surface area contributed by atoms with Crippen LogP contribution in [-0.4, -0.2) is 42.7 Å². The van der Waals surface area contributed by atoms with Crippen LogP contribution in [0.5, 0.6) is 0 Å². The van der Waals surface area contributed by atoms with Gasteiger partial charge in [0.05, 0.1) is 6.61 Å². The Morgan fingerprint density at radius 2 is 2.47 bits per heavy atom. The van der Waals surface area contributed by atoms with Crippen molar-refractivity contribution < 1.29 is 9.53 Å². The SMILES string of the molecule is C=CCNc1nccc(C(=O)NCCOC)n1. The van der Waals surface area contributed by atoms with Crippen molar-refractivity contribution in [2.24, 2.45) is 0 Å². The minimum atomic E-state index is -0.244. The average molecular weight is 236 g/mol. The second-order valence-corrected chi connectivity index (χ2v) is 3.18. The van der Waals surface area contributed by atoms with Crippen LogP contribution in [0.4, 0.5) is 5.95 Å². The van der Waals surface area contributed by atoms with Crippen molar-refractivity contribution in [3.8, 4) is 0 Å². The number of methoxy groups -OCH3 is 1. The molecule has 92 valence electrons. The maximum absolute atomic E-state index is 11.6. The van der Waals surface area contributed by atoms with Gasteiger partial charge in [-0.15, -0.1) is 6.58 Å². The first-order valence-electron chi connectivity index (χ1n) is 5.23. The second kappa shape index (κ2) is 7.34. The fraction of sp³-hybridized carbons (Fsp3) is 0.364. The zero-order valence-corrected chi connectivity index (χ0v) is 9.77. The summed E-state index contributed by atoms with van der Waals surface area (Å²) in [5, 5.41) is 5.59. The highest BCUT2D eigenvalue weighted by molar-refractivity contribution is 5.92. The van der Waals surface area contributed by atoms with Gasteiger partial charge in [-0.05, 0) is 6.07 Å². The summed E-state index contributed by atoms with van der Waals surface area (Å²) in [5.41, 5.74) is 0.322. The Balaban J connectivity index is 2.57. The van der Waals surface area contributed by atoms with E-state index in [2.05, 4.69) is 27.2 Å². The number of ether oxygens (including phenoxy) is 1. The number of anilines is 1. The number of carbonyl (C=O) groups is 1. The summed E-state index contributed by atoms with van der Waals surface area (Å²) < 4.78 is 4.83. The van der Waals surface area contributed by atoms with E-state index >= 15 is 0 Å². The molecule has 1 rings (SSSR count). The first-order valence-corrected chi connectivity index (χ1v) is 5.23. The molecular weight excluding hydrogens is 220 g/mol. The molecule has 6 heteroatoms. The lowest BCUT2D eigenvalue weighted by atomic mass is 10.4. The van der Waals surface area contributed by atoms with E-state index in [0.29, 0.717) is 31.3 Å². The summed E-state index contributed by atoms with van der Waals surface area (Å²) in [6, 6.07) is 1.56. The van der Waals surface area contributed by atoms with Crippen molar-refractivity contribution in [1.29, 1.82) is 0 Å². The molecule has 0 aliphatic rings. The molecule has 2 N–H and O–H groups in total. The van der Waals surface area contributed by atoms with Crippen molar-refractivity contribution in [2.75, 3.05) is 32.1 Å². The van der Waals surface area contributed by atoms with Crippen LogP contribution in [0.25, 0.3) is 0 Å². The smallest absolute Gasteiger partial charge is 0.270 e. The second-order valence-electron chi connectivity index (χ2n) is 3.18. The molecule has 0 atom stereocenters. The standard InChI is InChI=1S/C11H16N4O2/c1-3-5-13-11-14-6-4-9(15-11)10(16)12-7-8-17-2/h3-4,6H,1,5,7-8H2,2H3,(H,12,16)(H,13,14,15). The quantitative estimate of drug-likeness (QED) is 0.531. The molecular formula is C11H16N4O2. The molecule has 0 saturated heterocycles. The third-order valence-corrected chi connectivity index (χ3v) is 1.88. The lowest BCUT2D eigenvalue weighted by Crippen LogP contribution is -2.28. The number of hydrogen-bond donors (Lipinski definition) is 2. The number of amides is 1. The van der Waals surface area contributed by atoms with E-state index in [1.165, 1.54) is 6.20 Å². The maximum Gasteiger partial charge on any atom is 0.270 e. The predicted octanol–water partition coefficient (Wildman–Crippen LogP) is 0.451. The molecule has 0 saturated carbocycles. The predicted molar refractivity (Wildman–Crippen MR) is 64.9 cm³/mol. The minimum absolute atomic E-state index is 0.244. The largest absolute Gasteiger partial charge is 0.383 e. The van der Waals surface area contributed by atoms with Crippen LogP contribution in [0.2, 0.25) is 0 Å². The molecule has 0 aliphatic carbocycles. The van der Waals surface area contributed by atoms with Crippen LogP contribution in [0.1, 0.15) is 10.5 Å². The third kappa shape index (κ3) is 4.60. The zero-order valence-electron chi connectivity index (χ0n) is 9.77. The van der Waals surface area contributed by atoms with Crippen molar-refractivity contribution >= 4 is 11.9 Å². The summed E-state index contributed by atoms with van der Waals surface area (Å²) in [7, 11) is 1.58. The number of carbonyl (C=O) groups excluding carboxylic acids is 1. The van der Waals surface area contributed by atoms with Gasteiger partial charge < -0.3 is 15.4 Å². The lowest BCUT2D eigenvalue weighted by Gasteiger charge is -2.05. The average Bonchev–Trinajstić information content (AvgIpc) is 2.37. The Hall–Kier alpha value is -1.95. The van der Waals surface area contributed by atoms with Gasteiger partial charge in [0.15, 0.2) is 0 Å². The van der Waals surface area contributed by atoms with Crippen LogP contribution < -0.4 is 10.6 Å². The molecule has 6 nitrogen and oxygen atoms in total. The number of rotatable bonds is 7. The molecule has 17 heavy (non-hydrogen) atoms. The summed E-state index contributed by atoms with van der Waals surface area (Å²) >= 11 is 0. The van der Waals surface area contributed by atoms with E-state index in [0.717, 1.165) is 0 Å². The molecule has 0 aromatic carbocycles. The molecule has 0 bridgehead atoms. The highest BCUT2D eigenvalue weighted by atomic mass is 16.5. The van der Waals surface area contributed by atoms with Gasteiger partial charge in [0.1, 0.15) is 5.69 Å². The Kier molecular flexibility index (Phi) is 5.67. The van der Waals surface area contributed by atoms with Crippen molar-refractivity contribution in [2.45, 2.75) is 0 Å². The molecule has 1 aromatic rings. The number of hydrogen-bond acceptors (Lipinski definition) is 5. The first-order chi connectivity index (χ1) is 8.27. The topological polar surface area (TPSA) is 76.1 Å². The highest BCUT2D eigenvalue weighted by Crippen LogP contribution is 1.99. The van der Waals surface area contributed by atoms with Crippen LogP contribution >= 0.6 is 0 Å². The van der Waals surface area contributed by atoms with E-state index in [9.17, 15) is 4.79 Å². The van der Waals surface area contributed by atoms with Gasteiger partial charge in [-0.25, -0.2) is 9.97 Å².